The first-order valence-electron chi connectivity index (χ1n) is 9.53. The van der Waals surface area contributed by atoms with Gasteiger partial charge in [-0.15, -0.1) is 0 Å². The number of piperazine rings is 1. The Hall–Kier alpha value is -2.81. The van der Waals surface area contributed by atoms with Crippen LogP contribution < -0.4 is 24.2 Å². The van der Waals surface area contributed by atoms with Crippen molar-refractivity contribution in [3.05, 3.63) is 24.3 Å². The first-order valence-corrected chi connectivity index (χ1v) is 9.53. The highest BCUT2D eigenvalue weighted by Crippen LogP contribution is 2.23. The molecule has 0 aliphatic carbocycles. The average Bonchev–Trinajstić information content (AvgIpc) is 2.79. The molecule has 2 saturated heterocycles. The lowest BCUT2D eigenvalue weighted by Gasteiger charge is -2.36. The highest BCUT2D eigenvalue weighted by molar-refractivity contribution is 5.51. The average molecular weight is 386 g/mol. The lowest BCUT2D eigenvalue weighted by atomic mass is 10.2. The molecule has 28 heavy (non-hydrogen) atoms. The Balaban J connectivity index is 1.45. The first kappa shape index (κ1) is 18.5. The molecule has 1 aromatic heterocycles. The number of morpholine rings is 1. The smallest absolute Gasteiger partial charge is 0.322 e. The van der Waals surface area contributed by atoms with Gasteiger partial charge in [0.1, 0.15) is 5.75 Å². The van der Waals surface area contributed by atoms with Crippen molar-refractivity contribution in [3.63, 3.8) is 0 Å². The van der Waals surface area contributed by atoms with Gasteiger partial charge in [0.25, 0.3) is 0 Å². The van der Waals surface area contributed by atoms with E-state index < -0.39 is 0 Å². The summed E-state index contributed by atoms with van der Waals surface area (Å²) in [6, 6.07) is 8.53. The second kappa shape index (κ2) is 8.47. The number of benzene rings is 1. The summed E-state index contributed by atoms with van der Waals surface area (Å²) in [5.74, 6) is 2.20. The molecule has 2 aliphatic rings. The molecule has 0 radical (unpaired) electrons. The number of hydrogen-bond donors (Lipinski definition) is 0. The minimum Gasteiger partial charge on any atom is -0.497 e. The number of nitrogens with zero attached hydrogens (tertiary/aromatic N) is 6. The second-order valence-corrected chi connectivity index (χ2v) is 6.69. The quantitative estimate of drug-likeness (QED) is 0.749. The molecule has 2 aromatic rings. The molecule has 0 unspecified atom stereocenters. The van der Waals surface area contributed by atoms with Crippen LogP contribution in [0, 0.1) is 0 Å². The van der Waals surface area contributed by atoms with Crippen molar-refractivity contribution in [1.29, 1.82) is 0 Å². The summed E-state index contributed by atoms with van der Waals surface area (Å²) in [6.07, 6.45) is 0. The van der Waals surface area contributed by atoms with E-state index in [1.54, 1.807) is 14.2 Å². The van der Waals surface area contributed by atoms with Crippen LogP contribution in [-0.4, -0.2) is 81.7 Å². The van der Waals surface area contributed by atoms with Gasteiger partial charge in [-0.2, -0.15) is 15.0 Å². The molecule has 3 heterocycles. The van der Waals surface area contributed by atoms with Gasteiger partial charge in [-0.3, -0.25) is 0 Å². The van der Waals surface area contributed by atoms with Crippen LogP contribution >= 0.6 is 0 Å². The fraction of sp³-hybridized carbons (Fsp3) is 0.526. The van der Waals surface area contributed by atoms with Crippen LogP contribution in [0.4, 0.5) is 17.6 Å². The van der Waals surface area contributed by atoms with Crippen LogP contribution in [0.3, 0.4) is 0 Å². The number of anilines is 3. The summed E-state index contributed by atoms with van der Waals surface area (Å²) in [4.78, 5) is 20.3. The monoisotopic (exact) mass is 386 g/mol. The Kier molecular flexibility index (Phi) is 5.61. The third-order valence-corrected chi connectivity index (χ3v) is 5.07. The zero-order valence-corrected chi connectivity index (χ0v) is 16.4. The fourth-order valence-electron chi connectivity index (χ4n) is 3.43. The van der Waals surface area contributed by atoms with Crippen molar-refractivity contribution >= 4 is 17.6 Å². The molecular formula is C19H26N6O3. The summed E-state index contributed by atoms with van der Waals surface area (Å²) in [6.45, 7) is 6.38. The Labute approximate surface area is 164 Å². The third kappa shape index (κ3) is 4.04. The molecule has 0 spiro atoms. The summed E-state index contributed by atoms with van der Waals surface area (Å²) in [7, 11) is 3.27. The molecule has 0 atom stereocenters. The fourth-order valence-corrected chi connectivity index (χ4v) is 3.43. The highest BCUT2D eigenvalue weighted by atomic mass is 16.5. The molecule has 150 valence electrons. The normalized spacial score (nSPS) is 17.6. The van der Waals surface area contributed by atoms with Gasteiger partial charge < -0.3 is 28.9 Å². The molecule has 0 saturated carbocycles. The molecule has 9 nitrogen and oxygen atoms in total. The Bertz CT molecular complexity index is 774. The predicted octanol–water partition coefficient (Wildman–Crippen LogP) is 1.05. The van der Waals surface area contributed by atoms with E-state index >= 15 is 0 Å². The topological polar surface area (TPSA) is 76.1 Å². The molecule has 9 heteroatoms. The zero-order chi connectivity index (χ0) is 19.3. The van der Waals surface area contributed by atoms with Crippen LogP contribution in [-0.2, 0) is 4.74 Å². The van der Waals surface area contributed by atoms with Crippen molar-refractivity contribution in [3.8, 4) is 11.8 Å². The standard InChI is InChI=1S/C19H26N6O3/c1-26-16-5-3-15(4-6-16)23-7-9-24(10-8-23)17-20-18(22-19(21-17)27-2)25-11-13-28-14-12-25/h3-6H,7-14H2,1-2H3. The Morgan fingerprint density at radius 3 is 1.86 bits per heavy atom. The van der Waals surface area contributed by atoms with E-state index in [0.29, 0.717) is 31.1 Å². The minimum atomic E-state index is 0.351. The van der Waals surface area contributed by atoms with Crippen LogP contribution in [0.15, 0.2) is 24.3 Å². The lowest BCUT2D eigenvalue weighted by molar-refractivity contribution is 0.122. The number of hydrogen-bond acceptors (Lipinski definition) is 9. The summed E-state index contributed by atoms with van der Waals surface area (Å²) < 4.78 is 16.0. The van der Waals surface area contributed by atoms with E-state index in [-0.39, 0.29) is 0 Å². The van der Waals surface area contributed by atoms with Crippen LogP contribution in [0.5, 0.6) is 11.8 Å². The molecule has 0 bridgehead atoms. The van der Waals surface area contributed by atoms with Crippen LogP contribution in [0.2, 0.25) is 0 Å². The lowest BCUT2D eigenvalue weighted by Crippen LogP contribution is -2.47. The maximum absolute atomic E-state index is 5.42. The first-order chi connectivity index (χ1) is 13.8. The molecule has 2 aliphatic heterocycles. The van der Waals surface area contributed by atoms with Gasteiger partial charge in [-0.1, -0.05) is 0 Å². The van der Waals surface area contributed by atoms with Crippen molar-refractivity contribution in [2.75, 3.05) is 81.4 Å². The van der Waals surface area contributed by atoms with Gasteiger partial charge in [0.2, 0.25) is 11.9 Å². The minimum absolute atomic E-state index is 0.351. The van der Waals surface area contributed by atoms with Gasteiger partial charge in [0.05, 0.1) is 27.4 Å². The third-order valence-electron chi connectivity index (χ3n) is 5.07. The van der Waals surface area contributed by atoms with Gasteiger partial charge in [0.15, 0.2) is 0 Å². The molecule has 0 amide bonds. The van der Waals surface area contributed by atoms with E-state index in [2.05, 4.69) is 36.8 Å². The molecule has 4 rings (SSSR count). The summed E-state index contributed by atoms with van der Waals surface area (Å²) >= 11 is 0. The predicted molar refractivity (Wildman–Crippen MR) is 107 cm³/mol. The summed E-state index contributed by atoms with van der Waals surface area (Å²) in [5.41, 5.74) is 1.20. The van der Waals surface area contributed by atoms with E-state index in [4.69, 9.17) is 19.2 Å². The zero-order valence-electron chi connectivity index (χ0n) is 16.4. The number of rotatable bonds is 5. The van der Waals surface area contributed by atoms with Gasteiger partial charge in [0, 0.05) is 45.0 Å². The van der Waals surface area contributed by atoms with Crippen LogP contribution in [0.25, 0.3) is 0 Å². The van der Waals surface area contributed by atoms with E-state index in [0.717, 1.165) is 45.0 Å². The van der Waals surface area contributed by atoms with Gasteiger partial charge in [-0.05, 0) is 24.3 Å². The van der Waals surface area contributed by atoms with E-state index in [1.165, 1.54) is 5.69 Å². The van der Waals surface area contributed by atoms with Crippen LogP contribution in [0.1, 0.15) is 0 Å². The maximum Gasteiger partial charge on any atom is 0.322 e. The maximum atomic E-state index is 5.42. The Morgan fingerprint density at radius 2 is 1.29 bits per heavy atom. The van der Waals surface area contributed by atoms with Crippen molar-refractivity contribution in [2.24, 2.45) is 0 Å². The summed E-state index contributed by atoms with van der Waals surface area (Å²) in [5, 5.41) is 0. The van der Waals surface area contributed by atoms with Gasteiger partial charge >= 0.3 is 6.01 Å². The number of methoxy groups -OCH3 is 2. The van der Waals surface area contributed by atoms with Crippen molar-refractivity contribution in [1.82, 2.24) is 15.0 Å². The molecule has 1 aromatic carbocycles. The van der Waals surface area contributed by atoms with Crippen molar-refractivity contribution in [2.45, 2.75) is 0 Å². The number of aromatic nitrogens is 3. The van der Waals surface area contributed by atoms with E-state index in [1.807, 2.05) is 12.1 Å². The molecular weight excluding hydrogens is 360 g/mol. The SMILES string of the molecule is COc1ccc(N2CCN(c3nc(OC)nc(N4CCOCC4)n3)CC2)cc1. The van der Waals surface area contributed by atoms with E-state index in [9.17, 15) is 0 Å². The second-order valence-electron chi connectivity index (χ2n) is 6.69. The van der Waals surface area contributed by atoms with Gasteiger partial charge in [-0.25, -0.2) is 0 Å². The Morgan fingerprint density at radius 1 is 0.714 bits per heavy atom. The highest BCUT2D eigenvalue weighted by Gasteiger charge is 2.23. The molecule has 2 fully saturated rings. The van der Waals surface area contributed by atoms with Crippen molar-refractivity contribution < 1.29 is 14.2 Å². The number of ether oxygens (including phenoxy) is 3. The molecule has 0 N–H and O–H groups in total. The largest absolute Gasteiger partial charge is 0.497 e.